The Morgan fingerprint density at radius 1 is 1.64 bits per heavy atom. The first-order valence-electron chi connectivity index (χ1n) is 4.37. The van der Waals surface area contributed by atoms with Crippen LogP contribution in [0.4, 0.5) is 0 Å². The second kappa shape index (κ2) is 7.09. The molecule has 0 aromatic carbocycles. The van der Waals surface area contributed by atoms with Crippen LogP contribution >= 0.6 is 35.3 Å². The third-order valence-corrected chi connectivity index (χ3v) is 3.72. The van der Waals surface area contributed by atoms with Gasteiger partial charge >= 0.3 is 0 Å². The van der Waals surface area contributed by atoms with Crippen molar-refractivity contribution < 1.29 is 0 Å². The first-order chi connectivity index (χ1) is 6.83. The summed E-state index contributed by atoms with van der Waals surface area (Å²) in [7, 11) is 1.83. The lowest BCUT2D eigenvalue weighted by Crippen LogP contribution is -2.33. The van der Waals surface area contributed by atoms with Crippen LogP contribution in [0.25, 0.3) is 0 Å². The molecule has 1 aromatic heterocycles. The summed E-state index contributed by atoms with van der Waals surface area (Å²) in [6, 6.07) is 2.17. The smallest absolute Gasteiger partial charge is 0.166 e. The summed E-state index contributed by atoms with van der Waals surface area (Å²) in [5.74, 6) is 2.18. The fourth-order valence-corrected chi connectivity index (χ4v) is 2.57. The molecule has 0 saturated carbocycles. The molecule has 1 rings (SSSR count). The lowest BCUT2D eigenvalue weighted by Gasteiger charge is -2.05. The number of hydrogen-bond acceptors (Lipinski definition) is 3. The molecule has 0 bridgehead atoms. The number of thiophene rings is 1. The van der Waals surface area contributed by atoms with E-state index in [9.17, 15) is 0 Å². The standard InChI is InChI=1S/C9H14N2S3/c1-10-9(12)11-3-5-14-7-8-2-4-13-6-8/h2,4,6H,3,5,7H2,1H3,(H2,10,11,12). The zero-order valence-electron chi connectivity index (χ0n) is 8.08. The highest BCUT2D eigenvalue weighted by atomic mass is 32.2. The molecule has 0 radical (unpaired) electrons. The van der Waals surface area contributed by atoms with Gasteiger partial charge in [0.25, 0.3) is 0 Å². The van der Waals surface area contributed by atoms with E-state index < -0.39 is 0 Å². The highest BCUT2D eigenvalue weighted by Crippen LogP contribution is 2.14. The maximum absolute atomic E-state index is 4.95. The van der Waals surface area contributed by atoms with Crippen LogP contribution in [0.2, 0.25) is 0 Å². The Morgan fingerprint density at radius 2 is 2.50 bits per heavy atom. The van der Waals surface area contributed by atoms with Crippen molar-refractivity contribution in [3.8, 4) is 0 Å². The number of thioether (sulfide) groups is 1. The molecule has 0 fully saturated rings. The number of thiocarbonyl (C=S) groups is 1. The molecule has 0 aliphatic heterocycles. The normalized spacial score (nSPS) is 9.79. The number of nitrogens with one attached hydrogen (secondary N) is 2. The van der Waals surface area contributed by atoms with Gasteiger partial charge in [-0.25, -0.2) is 0 Å². The Labute approximate surface area is 98.5 Å². The van der Waals surface area contributed by atoms with Crippen molar-refractivity contribution in [1.82, 2.24) is 10.6 Å². The van der Waals surface area contributed by atoms with E-state index in [4.69, 9.17) is 12.2 Å². The Bertz CT molecular complexity index is 259. The molecular formula is C9H14N2S3. The van der Waals surface area contributed by atoms with Gasteiger partial charge in [0.2, 0.25) is 0 Å². The van der Waals surface area contributed by atoms with Crippen LogP contribution in [0.5, 0.6) is 0 Å². The van der Waals surface area contributed by atoms with Gasteiger partial charge in [-0.15, -0.1) is 0 Å². The van der Waals surface area contributed by atoms with Crippen molar-refractivity contribution in [2.75, 3.05) is 19.3 Å². The summed E-state index contributed by atoms with van der Waals surface area (Å²) in [4.78, 5) is 0. The molecule has 1 aromatic rings. The van der Waals surface area contributed by atoms with Crippen LogP contribution in [0.1, 0.15) is 5.56 Å². The quantitative estimate of drug-likeness (QED) is 0.613. The Balaban J connectivity index is 1.97. The van der Waals surface area contributed by atoms with Crippen molar-refractivity contribution in [3.05, 3.63) is 22.4 Å². The van der Waals surface area contributed by atoms with E-state index in [0.29, 0.717) is 0 Å². The predicted octanol–water partition coefficient (Wildman–Crippen LogP) is 2.08. The van der Waals surface area contributed by atoms with Crippen molar-refractivity contribution >= 4 is 40.4 Å². The van der Waals surface area contributed by atoms with Gasteiger partial charge < -0.3 is 10.6 Å². The molecule has 0 aliphatic rings. The van der Waals surface area contributed by atoms with Gasteiger partial charge in [0, 0.05) is 25.1 Å². The zero-order valence-corrected chi connectivity index (χ0v) is 10.5. The molecule has 0 saturated heterocycles. The number of rotatable bonds is 5. The maximum atomic E-state index is 4.95. The minimum Gasteiger partial charge on any atom is -0.366 e. The Morgan fingerprint density at radius 3 is 3.14 bits per heavy atom. The first kappa shape index (κ1) is 11.8. The van der Waals surface area contributed by atoms with Gasteiger partial charge in [-0.2, -0.15) is 23.1 Å². The molecule has 14 heavy (non-hydrogen) atoms. The van der Waals surface area contributed by atoms with Crippen molar-refractivity contribution in [2.24, 2.45) is 0 Å². The predicted molar refractivity (Wildman–Crippen MR) is 70.1 cm³/mol. The summed E-state index contributed by atoms with van der Waals surface area (Å²) < 4.78 is 0. The molecule has 78 valence electrons. The largest absolute Gasteiger partial charge is 0.366 e. The molecule has 1 heterocycles. The zero-order chi connectivity index (χ0) is 10.2. The maximum Gasteiger partial charge on any atom is 0.166 e. The van der Waals surface area contributed by atoms with Crippen LogP contribution < -0.4 is 10.6 Å². The highest BCUT2D eigenvalue weighted by Gasteiger charge is 1.94. The molecule has 0 amide bonds. The van der Waals surface area contributed by atoms with Gasteiger partial charge in [-0.05, 0) is 34.6 Å². The lowest BCUT2D eigenvalue weighted by atomic mass is 10.4. The van der Waals surface area contributed by atoms with Crippen LogP contribution in [-0.2, 0) is 5.75 Å². The van der Waals surface area contributed by atoms with Crippen molar-refractivity contribution in [1.29, 1.82) is 0 Å². The summed E-state index contributed by atoms with van der Waals surface area (Å²) >= 11 is 8.63. The molecule has 0 atom stereocenters. The van der Waals surface area contributed by atoms with Crippen molar-refractivity contribution in [3.63, 3.8) is 0 Å². The fraction of sp³-hybridized carbons (Fsp3) is 0.444. The Hall–Kier alpha value is -0.260. The minimum absolute atomic E-state index is 0.723. The third-order valence-electron chi connectivity index (χ3n) is 1.61. The molecular weight excluding hydrogens is 232 g/mol. The van der Waals surface area contributed by atoms with Gasteiger partial charge in [0.05, 0.1) is 0 Å². The molecule has 2 N–H and O–H groups in total. The second-order valence-corrected chi connectivity index (χ2v) is 4.98. The Kier molecular flexibility index (Phi) is 5.98. The first-order valence-corrected chi connectivity index (χ1v) is 6.88. The second-order valence-electron chi connectivity index (χ2n) is 2.69. The van der Waals surface area contributed by atoms with Crippen molar-refractivity contribution in [2.45, 2.75) is 5.75 Å². The van der Waals surface area contributed by atoms with Crippen LogP contribution in [0, 0.1) is 0 Å². The van der Waals surface area contributed by atoms with Crippen LogP contribution in [0.15, 0.2) is 16.8 Å². The molecule has 0 aliphatic carbocycles. The van der Waals surface area contributed by atoms with Gasteiger partial charge in [-0.3, -0.25) is 0 Å². The van der Waals surface area contributed by atoms with Gasteiger partial charge in [-0.1, -0.05) is 0 Å². The fourth-order valence-electron chi connectivity index (χ4n) is 0.890. The monoisotopic (exact) mass is 246 g/mol. The lowest BCUT2D eigenvalue weighted by molar-refractivity contribution is 0.943. The van der Waals surface area contributed by atoms with Gasteiger partial charge in [0.15, 0.2) is 5.11 Å². The average molecular weight is 246 g/mol. The summed E-state index contributed by atoms with van der Waals surface area (Å²) in [5, 5.41) is 11.0. The topological polar surface area (TPSA) is 24.1 Å². The van der Waals surface area contributed by atoms with E-state index >= 15 is 0 Å². The van der Waals surface area contributed by atoms with E-state index in [0.717, 1.165) is 23.2 Å². The van der Waals surface area contributed by atoms with E-state index in [2.05, 4.69) is 27.5 Å². The highest BCUT2D eigenvalue weighted by molar-refractivity contribution is 7.98. The third kappa shape index (κ3) is 4.83. The number of hydrogen-bond donors (Lipinski definition) is 2. The molecule has 2 nitrogen and oxygen atoms in total. The molecule has 0 unspecified atom stereocenters. The van der Waals surface area contributed by atoms with E-state index in [1.165, 1.54) is 5.56 Å². The van der Waals surface area contributed by atoms with Crippen LogP contribution in [0.3, 0.4) is 0 Å². The molecule has 5 heteroatoms. The summed E-state index contributed by atoms with van der Waals surface area (Å²) in [6.07, 6.45) is 0. The van der Waals surface area contributed by atoms with E-state index in [-0.39, 0.29) is 0 Å². The van der Waals surface area contributed by atoms with Crippen LogP contribution in [-0.4, -0.2) is 24.5 Å². The van der Waals surface area contributed by atoms with E-state index in [1.54, 1.807) is 11.3 Å². The summed E-state index contributed by atoms with van der Waals surface area (Å²) in [6.45, 7) is 0.925. The SMILES string of the molecule is CNC(=S)NCCSCc1ccsc1. The molecule has 0 spiro atoms. The van der Waals surface area contributed by atoms with E-state index in [1.807, 2.05) is 18.8 Å². The average Bonchev–Trinajstić information content (AvgIpc) is 2.69. The summed E-state index contributed by atoms with van der Waals surface area (Å²) in [5.41, 5.74) is 1.41. The van der Waals surface area contributed by atoms with Gasteiger partial charge in [0.1, 0.15) is 0 Å². The minimum atomic E-state index is 0.723.